The number of nitrogens with one attached hydrogen (secondary N) is 1. The largest absolute Gasteiger partial charge is 0.383 e. The van der Waals surface area contributed by atoms with Crippen molar-refractivity contribution in [2.45, 2.75) is 43.0 Å². The van der Waals surface area contributed by atoms with E-state index in [4.69, 9.17) is 0 Å². The molecule has 0 amide bonds. The average molecular weight is 666 g/mol. The minimum Gasteiger partial charge on any atom is -0.383 e. The molecule has 13 heteroatoms. The van der Waals surface area contributed by atoms with E-state index in [0.717, 1.165) is 25.2 Å². The molecule has 1 heterocycles. The minimum absolute atomic E-state index is 0.00568. The summed E-state index contributed by atoms with van der Waals surface area (Å²) >= 11 is 0. The van der Waals surface area contributed by atoms with Crippen molar-refractivity contribution in [2.24, 2.45) is 0 Å². The van der Waals surface area contributed by atoms with Gasteiger partial charge >= 0.3 is 0 Å². The van der Waals surface area contributed by atoms with Crippen molar-refractivity contribution in [1.29, 1.82) is 0 Å². The van der Waals surface area contributed by atoms with Crippen LogP contribution in [0, 0.1) is 0 Å². The first-order chi connectivity index (χ1) is 21.3. The maximum Gasteiger partial charge on any atom is 0.245 e. The summed E-state index contributed by atoms with van der Waals surface area (Å²) in [4.78, 5) is 8.12. The van der Waals surface area contributed by atoms with Crippen molar-refractivity contribution in [3.05, 3.63) is 48.0 Å². The molecule has 0 aliphatic carbocycles. The predicted molar refractivity (Wildman–Crippen MR) is 185 cm³/mol. The zero-order valence-corrected chi connectivity index (χ0v) is 30.0. The van der Waals surface area contributed by atoms with Crippen molar-refractivity contribution in [1.82, 2.24) is 23.3 Å². The highest BCUT2D eigenvalue weighted by molar-refractivity contribution is 7.90. The molecule has 0 aromatic heterocycles. The molecule has 0 radical (unpaired) electrons. The molecule has 1 aliphatic rings. The van der Waals surface area contributed by atoms with Crippen LogP contribution in [0.1, 0.15) is 32.3 Å². The van der Waals surface area contributed by atoms with Gasteiger partial charge < -0.3 is 24.9 Å². The number of benzene rings is 2. The Morgan fingerprint density at radius 1 is 0.733 bits per heavy atom. The standard InChI is InChI=1S/C32H55N7O4S2/c1-8-38(23-21-34(3)4)44(40,41)31-26-32(45(42,43)39(9-2)24-22-35(5)6)30(36(7)27-28-15-11-10-12-16-28)25-29(31)33-17-20-37-18-13-14-19-37/h10-12,15-16,25-26,33H,8-9,13-14,17-24,27H2,1-7H3. The number of nitrogens with zero attached hydrogens (tertiary/aromatic N) is 6. The number of rotatable bonds is 19. The Morgan fingerprint density at radius 3 is 1.78 bits per heavy atom. The van der Waals surface area contributed by atoms with Gasteiger partial charge in [-0.05, 0) is 71.8 Å². The molecule has 1 fully saturated rings. The quantitative estimate of drug-likeness (QED) is 0.243. The van der Waals surface area contributed by atoms with Gasteiger partial charge in [0.15, 0.2) is 0 Å². The maximum absolute atomic E-state index is 14.4. The highest BCUT2D eigenvalue weighted by Gasteiger charge is 2.34. The Balaban J connectivity index is 2.20. The van der Waals surface area contributed by atoms with E-state index >= 15 is 0 Å². The van der Waals surface area contributed by atoms with Gasteiger partial charge in [-0.15, -0.1) is 0 Å². The summed E-state index contributed by atoms with van der Waals surface area (Å²) in [5, 5.41) is 3.41. The molecular formula is C32H55N7O4S2. The fourth-order valence-corrected chi connectivity index (χ4v) is 8.88. The van der Waals surface area contributed by atoms with E-state index in [1.807, 2.05) is 94.1 Å². The van der Waals surface area contributed by atoms with Crippen LogP contribution in [-0.2, 0) is 26.6 Å². The summed E-state index contributed by atoms with van der Waals surface area (Å²) in [5.41, 5.74) is 1.90. The summed E-state index contributed by atoms with van der Waals surface area (Å²) in [7, 11) is 1.35. The van der Waals surface area contributed by atoms with Crippen LogP contribution in [0.2, 0.25) is 0 Å². The normalized spacial score (nSPS) is 14.7. The Bertz CT molecular complexity index is 1410. The number of hydrogen-bond donors (Lipinski definition) is 1. The van der Waals surface area contributed by atoms with Gasteiger partial charge in [0.05, 0.1) is 11.4 Å². The Hall–Kier alpha value is -2.26. The fraction of sp³-hybridized carbons (Fsp3) is 0.625. The van der Waals surface area contributed by atoms with Gasteiger partial charge in [-0.25, -0.2) is 16.8 Å². The lowest BCUT2D eigenvalue weighted by Gasteiger charge is -2.30. The van der Waals surface area contributed by atoms with Crippen LogP contribution in [0.5, 0.6) is 0 Å². The van der Waals surface area contributed by atoms with Crippen molar-refractivity contribution >= 4 is 31.4 Å². The van der Waals surface area contributed by atoms with E-state index in [1.54, 1.807) is 6.07 Å². The first-order valence-electron chi connectivity index (χ1n) is 16.0. The lowest BCUT2D eigenvalue weighted by molar-refractivity contribution is 0.340. The molecular weight excluding hydrogens is 611 g/mol. The van der Waals surface area contributed by atoms with Crippen LogP contribution in [-0.4, -0.2) is 141 Å². The topological polar surface area (TPSA) is 99.7 Å². The molecule has 2 aromatic rings. The Labute approximate surface area is 272 Å². The van der Waals surface area contributed by atoms with Gasteiger partial charge in [0.25, 0.3) is 0 Å². The zero-order chi connectivity index (χ0) is 33.2. The van der Waals surface area contributed by atoms with Crippen molar-refractivity contribution in [3.63, 3.8) is 0 Å². The number of hydrogen-bond acceptors (Lipinski definition) is 9. The van der Waals surface area contributed by atoms with E-state index in [-0.39, 0.29) is 29.4 Å². The van der Waals surface area contributed by atoms with E-state index in [0.29, 0.717) is 44.1 Å². The minimum atomic E-state index is -4.07. The van der Waals surface area contributed by atoms with Gasteiger partial charge in [0.2, 0.25) is 20.0 Å². The first kappa shape index (κ1) is 37.2. The van der Waals surface area contributed by atoms with Gasteiger partial charge in [-0.1, -0.05) is 44.2 Å². The van der Waals surface area contributed by atoms with Crippen molar-refractivity contribution in [3.8, 4) is 0 Å². The third-order valence-corrected chi connectivity index (χ3v) is 12.2. The summed E-state index contributed by atoms with van der Waals surface area (Å²) < 4.78 is 60.4. The average Bonchev–Trinajstić information content (AvgIpc) is 3.51. The molecule has 3 rings (SSSR count). The number of anilines is 2. The van der Waals surface area contributed by atoms with Crippen LogP contribution in [0.25, 0.3) is 0 Å². The van der Waals surface area contributed by atoms with Gasteiger partial charge in [-0.3, -0.25) is 0 Å². The number of sulfonamides is 2. The Morgan fingerprint density at radius 2 is 1.27 bits per heavy atom. The Kier molecular flexibility index (Phi) is 14.1. The molecule has 11 nitrogen and oxygen atoms in total. The lowest BCUT2D eigenvalue weighted by atomic mass is 10.2. The van der Waals surface area contributed by atoms with Gasteiger partial charge in [0, 0.05) is 66.0 Å². The van der Waals surface area contributed by atoms with Crippen LogP contribution in [0.15, 0.2) is 52.3 Å². The van der Waals surface area contributed by atoms with Gasteiger partial charge in [0.1, 0.15) is 9.79 Å². The second-order valence-corrected chi connectivity index (χ2v) is 16.0. The van der Waals surface area contributed by atoms with Crippen molar-refractivity contribution < 1.29 is 16.8 Å². The molecule has 2 aromatic carbocycles. The third-order valence-electron chi connectivity index (χ3n) is 8.21. The molecule has 0 bridgehead atoms. The third kappa shape index (κ3) is 10.1. The first-order valence-corrected chi connectivity index (χ1v) is 18.9. The van der Waals surface area contributed by atoms with E-state index in [9.17, 15) is 16.8 Å². The molecule has 0 spiro atoms. The molecule has 254 valence electrons. The second-order valence-electron chi connectivity index (χ2n) is 12.2. The summed E-state index contributed by atoms with van der Waals surface area (Å²) in [6, 6.07) is 13.0. The molecule has 0 saturated carbocycles. The highest BCUT2D eigenvalue weighted by Crippen LogP contribution is 2.37. The van der Waals surface area contributed by atoms with E-state index < -0.39 is 20.0 Å². The lowest BCUT2D eigenvalue weighted by Crippen LogP contribution is -2.38. The monoisotopic (exact) mass is 665 g/mol. The molecule has 1 saturated heterocycles. The number of likely N-dealkylation sites (tertiary alicyclic amines) is 1. The van der Waals surface area contributed by atoms with Crippen LogP contribution in [0.3, 0.4) is 0 Å². The smallest absolute Gasteiger partial charge is 0.245 e. The summed E-state index contributed by atoms with van der Waals surface area (Å²) in [6.45, 7) is 9.66. The molecule has 0 atom stereocenters. The summed E-state index contributed by atoms with van der Waals surface area (Å²) in [6.07, 6.45) is 2.33. The van der Waals surface area contributed by atoms with E-state index in [2.05, 4.69) is 10.2 Å². The highest BCUT2D eigenvalue weighted by atomic mass is 32.2. The van der Waals surface area contributed by atoms with Crippen LogP contribution in [0.4, 0.5) is 11.4 Å². The molecule has 1 N–H and O–H groups in total. The molecule has 0 unspecified atom stereocenters. The van der Waals surface area contributed by atoms with Crippen molar-refractivity contribution in [2.75, 3.05) is 111 Å². The van der Waals surface area contributed by atoms with Crippen LogP contribution < -0.4 is 10.2 Å². The number of likely N-dealkylation sites (N-methyl/N-ethyl adjacent to an activating group) is 4. The van der Waals surface area contributed by atoms with Gasteiger partial charge in [-0.2, -0.15) is 8.61 Å². The predicted octanol–water partition coefficient (Wildman–Crippen LogP) is 2.98. The zero-order valence-electron chi connectivity index (χ0n) is 28.4. The summed E-state index contributed by atoms with van der Waals surface area (Å²) in [5.74, 6) is 0. The molecule has 1 aliphatic heterocycles. The van der Waals surface area contributed by atoms with E-state index in [1.165, 1.54) is 27.5 Å². The SMILES string of the molecule is CCN(CCN(C)C)S(=O)(=O)c1cc(S(=O)(=O)N(CC)CCN(C)C)c(N(C)Cc2ccccc2)cc1NCCN1CCCC1. The van der Waals surface area contributed by atoms with Crippen LogP contribution >= 0.6 is 0 Å². The maximum atomic E-state index is 14.4. The molecule has 45 heavy (non-hydrogen) atoms. The fourth-order valence-electron chi connectivity index (χ4n) is 5.50. The second kappa shape index (κ2) is 17.1.